The van der Waals surface area contributed by atoms with Crippen molar-refractivity contribution in [3.05, 3.63) is 23.8 Å². The lowest BCUT2D eigenvalue weighted by Crippen LogP contribution is -2.70. The summed E-state index contributed by atoms with van der Waals surface area (Å²) in [6, 6.07) is 0.951. The number of allylic oxidation sites excluding steroid dienone is 4. The molecule has 11 rings (SSSR count). The monoisotopic (exact) mass is 594 g/mol. The fraction of sp³-hybridized carbons (Fsp3) is 0.886. The van der Waals surface area contributed by atoms with Crippen molar-refractivity contribution in [1.29, 1.82) is 0 Å². The molecular formula is C35H56N4P2. The molecule has 10 fully saturated rings. The minimum absolute atomic E-state index is 0.0302. The van der Waals surface area contributed by atoms with E-state index in [0.29, 0.717) is 18.0 Å². The van der Waals surface area contributed by atoms with Gasteiger partial charge in [0, 0.05) is 62.4 Å². The normalized spacial score (nSPS) is 52.0. The van der Waals surface area contributed by atoms with Crippen LogP contribution in [0.2, 0.25) is 0 Å². The number of hydrogen-bond acceptors (Lipinski definition) is 4. The summed E-state index contributed by atoms with van der Waals surface area (Å²) in [6.45, 7) is 6.54. The molecule has 0 radical (unpaired) electrons. The van der Waals surface area contributed by atoms with Gasteiger partial charge >= 0.3 is 0 Å². The summed E-state index contributed by atoms with van der Waals surface area (Å²) in [6.07, 6.45) is 25.2. The van der Waals surface area contributed by atoms with E-state index < -0.39 is 0 Å². The van der Waals surface area contributed by atoms with Gasteiger partial charge < -0.3 is 21.3 Å². The first kappa shape index (κ1) is 27.5. The fourth-order valence-corrected chi connectivity index (χ4v) is 18.8. The van der Waals surface area contributed by atoms with Crippen LogP contribution in [0.5, 0.6) is 0 Å². The highest BCUT2D eigenvalue weighted by atomic mass is 31.1. The van der Waals surface area contributed by atoms with E-state index in [1.807, 2.05) is 5.57 Å². The number of rotatable bonds is 7. The summed E-state index contributed by atoms with van der Waals surface area (Å²) in [7, 11) is 3.55. The molecule has 0 aromatic rings. The minimum atomic E-state index is 0.0302. The Balaban J connectivity index is 1.06. The summed E-state index contributed by atoms with van der Waals surface area (Å²) < 4.78 is 0. The molecule has 6 heteroatoms. The van der Waals surface area contributed by atoms with Gasteiger partial charge in [-0.1, -0.05) is 31.7 Å². The summed E-state index contributed by atoms with van der Waals surface area (Å²) in [5.41, 5.74) is 4.00. The van der Waals surface area contributed by atoms with Crippen molar-refractivity contribution in [2.24, 2.45) is 53.3 Å². The van der Waals surface area contributed by atoms with Crippen LogP contribution in [0.1, 0.15) is 64.2 Å². The van der Waals surface area contributed by atoms with Crippen molar-refractivity contribution in [2.45, 2.75) is 92.8 Å². The first-order valence-electron chi connectivity index (χ1n) is 17.9. The first-order valence-corrected chi connectivity index (χ1v) is 20.2. The second-order valence-electron chi connectivity index (χ2n) is 16.5. The van der Waals surface area contributed by atoms with Gasteiger partial charge in [-0.25, -0.2) is 0 Å². The summed E-state index contributed by atoms with van der Waals surface area (Å²) in [4.78, 5) is 0. The Kier molecular flexibility index (Phi) is 7.32. The smallest absolute Gasteiger partial charge is 0.0307 e. The van der Waals surface area contributed by atoms with Gasteiger partial charge in [-0.15, -0.1) is 9.24 Å². The zero-order valence-electron chi connectivity index (χ0n) is 25.3. The van der Waals surface area contributed by atoms with E-state index in [0.717, 1.165) is 97.9 Å². The number of hydrogen-bond donors (Lipinski definition) is 4. The van der Waals surface area contributed by atoms with E-state index in [-0.39, 0.29) is 13.1 Å². The average molecular weight is 595 g/mol. The molecule has 4 N–H and O–H groups in total. The fourth-order valence-electron chi connectivity index (χ4n) is 13.3. The third-order valence-corrected chi connectivity index (χ3v) is 19.4. The van der Waals surface area contributed by atoms with Gasteiger partial charge in [-0.05, 0) is 129 Å². The van der Waals surface area contributed by atoms with E-state index in [9.17, 15) is 0 Å². The van der Waals surface area contributed by atoms with Crippen LogP contribution in [0, 0.1) is 53.3 Å². The second kappa shape index (κ2) is 10.9. The molecule has 0 aromatic heterocycles. The van der Waals surface area contributed by atoms with Crippen molar-refractivity contribution in [1.82, 2.24) is 21.3 Å². The molecule has 0 amide bonds. The maximum absolute atomic E-state index is 4.01. The Morgan fingerprint density at radius 3 is 1.54 bits per heavy atom. The van der Waals surface area contributed by atoms with Crippen molar-refractivity contribution < 1.29 is 0 Å². The Hall–Kier alpha value is 0.180. The molecule has 4 unspecified atom stereocenters. The van der Waals surface area contributed by atoms with Crippen LogP contribution < -0.4 is 21.3 Å². The van der Waals surface area contributed by atoms with E-state index >= 15 is 0 Å². The van der Waals surface area contributed by atoms with Gasteiger partial charge in [0.15, 0.2) is 0 Å². The highest BCUT2D eigenvalue weighted by molar-refractivity contribution is 7.59. The maximum Gasteiger partial charge on any atom is 0.0307 e. The van der Waals surface area contributed by atoms with Crippen LogP contribution in [-0.2, 0) is 0 Å². The molecule has 41 heavy (non-hydrogen) atoms. The Morgan fingerprint density at radius 1 is 0.659 bits per heavy atom. The molecular weight excluding hydrogens is 538 g/mol. The number of nitrogens with one attached hydrogen (secondary N) is 4. The minimum Gasteiger partial charge on any atom is -0.314 e. The van der Waals surface area contributed by atoms with Crippen LogP contribution in [-0.4, -0.2) is 74.0 Å². The topological polar surface area (TPSA) is 48.1 Å². The van der Waals surface area contributed by atoms with E-state index in [1.54, 1.807) is 64.2 Å². The van der Waals surface area contributed by atoms with Crippen molar-refractivity contribution in [3.8, 4) is 0 Å². The second-order valence-corrected chi connectivity index (χ2v) is 20.1. The molecule has 0 spiro atoms. The van der Waals surface area contributed by atoms with Gasteiger partial charge in [0.1, 0.15) is 0 Å². The average Bonchev–Trinajstić information content (AvgIpc) is 3.45. The number of piperazine rings is 2. The van der Waals surface area contributed by atoms with Gasteiger partial charge in [-0.2, -0.15) is 0 Å². The first-order chi connectivity index (χ1) is 20.1. The summed E-state index contributed by atoms with van der Waals surface area (Å²) >= 11 is 0. The van der Waals surface area contributed by atoms with Gasteiger partial charge in [0.05, 0.1) is 0 Å². The SMILES string of the molecule is PC(C1CNCCN1)(C1CNCCN1)C1C=CC=C1CP(C1C2CC3CC(C2)CC1C3)C1C2CC3CC(C2)CC1C3. The van der Waals surface area contributed by atoms with E-state index in [4.69, 9.17) is 0 Å². The van der Waals surface area contributed by atoms with Crippen molar-refractivity contribution in [3.63, 3.8) is 0 Å². The van der Waals surface area contributed by atoms with Crippen molar-refractivity contribution >= 4 is 17.2 Å². The van der Waals surface area contributed by atoms with Gasteiger partial charge in [0.25, 0.3) is 0 Å². The van der Waals surface area contributed by atoms with E-state index in [2.05, 4.69) is 48.7 Å². The Bertz CT molecular complexity index is 929. The molecule has 9 aliphatic carbocycles. The molecule has 2 heterocycles. The molecule has 11 aliphatic rings. The molecule has 4 nitrogen and oxygen atoms in total. The molecule has 226 valence electrons. The molecule has 2 aliphatic heterocycles. The van der Waals surface area contributed by atoms with Crippen LogP contribution in [0.25, 0.3) is 0 Å². The molecule has 4 atom stereocenters. The predicted molar refractivity (Wildman–Crippen MR) is 176 cm³/mol. The van der Waals surface area contributed by atoms with Gasteiger partial charge in [-0.3, -0.25) is 0 Å². The largest absolute Gasteiger partial charge is 0.314 e. The highest BCUT2D eigenvalue weighted by Crippen LogP contribution is 2.72. The lowest BCUT2D eigenvalue weighted by atomic mass is 9.55. The Labute approximate surface area is 253 Å². The van der Waals surface area contributed by atoms with Gasteiger partial charge in [0.2, 0.25) is 0 Å². The van der Waals surface area contributed by atoms with Crippen molar-refractivity contribution in [2.75, 3.05) is 45.4 Å². The molecule has 8 bridgehead atoms. The highest BCUT2D eigenvalue weighted by Gasteiger charge is 2.58. The van der Waals surface area contributed by atoms with Crippen LogP contribution in [0.15, 0.2) is 23.8 Å². The third-order valence-electron chi connectivity index (χ3n) is 14.3. The van der Waals surface area contributed by atoms with E-state index in [1.165, 1.54) is 6.16 Å². The van der Waals surface area contributed by atoms with Crippen LogP contribution in [0.3, 0.4) is 0 Å². The predicted octanol–water partition coefficient (Wildman–Crippen LogP) is 4.97. The zero-order chi connectivity index (χ0) is 27.1. The lowest BCUT2D eigenvalue weighted by Gasteiger charge is -2.62. The quantitative estimate of drug-likeness (QED) is 0.315. The molecule has 8 saturated carbocycles. The standard InChI is InChI=1S/C35H56N4P2/c40-35(31-18-36-4-6-38-31,32-19-37-5-7-39-32)30-3-1-2-25(30)20-41(33-26-10-21-8-22(12-26)13-27(33)11-21)34-28-14-23-9-24(16-28)17-29(34)15-23/h1-3,21-24,26-34,36-39H,4-20,40H2. The summed E-state index contributed by atoms with van der Waals surface area (Å²) in [5.74, 6) is 9.24. The zero-order valence-corrected chi connectivity index (χ0v) is 27.3. The third kappa shape index (κ3) is 4.65. The Morgan fingerprint density at radius 2 is 1.12 bits per heavy atom. The summed E-state index contributed by atoms with van der Waals surface area (Å²) in [5, 5.41) is 15.7. The van der Waals surface area contributed by atoms with Crippen LogP contribution in [0.4, 0.5) is 0 Å². The molecule has 0 aromatic carbocycles. The molecule has 2 saturated heterocycles. The van der Waals surface area contributed by atoms with Crippen LogP contribution >= 0.6 is 17.2 Å². The maximum atomic E-state index is 4.01. The lowest BCUT2D eigenvalue weighted by molar-refractivity contribution is 0.0130.